The first kappa shape index (κ1) is 26.7. The van der Waals surface area contributed by atoms with Crippen LogP contribution in [-0.2, 0) is 25.4 Å². The highest BCUT2D eigenvalue weighted by Gasteiger charge is 2.44. The highest BCUT2D eigenvalue weighted by Crippen LogP contribution is 2.43. The first-order valence-electron chi connectivity index (χ1n) is 10.1. The van der Waals surface area contributed by atoms with Crippen LogP contribution in [0.4, 0.5) is 5.69 Å². The van der Waals surface area contributed by atoms with E-state index in [-0.39, 0.29) is 6.42 Å². The molecule has 33 heavy (non-hydrogen) atoms. The van der Waals surface area contributed by atoms with Gasteiger partial charge in [-0.05, 0) is 22.9 Å². The number of carbonyl (C=O) groups is 3. The number of thiophene rings is 1. The van der Waals surface area contributed by atoms with E-state index in [1.165, 1.54) is 18.3 Å². The molecule has 0 saturated heterocycles. The maximum Gasteiger partial charge on any atom is 0.405 e. The second-order valence-electron chi connectivity index (χ2n) is 7.77. The number of amides is 2. The third-order valence-electron chi connectivity index (χ3n) is 4.92. The molecule has 1 aromatic heterocycles. The molecular weight excluding hydrogens is 469 g/mol. The Morgan fingerprint density at radius 3 is 2.21 bits per heavy atom. The van der Waals surface area contributed by atoms with Gasteiger partial charge in [0.2, 0.25) is 11.8 Å². The predicted molar refractivity (Wildman–Crippen MR) is 125 cm³/mol. The van der Waals surface area contributed by atoms with Crippen molar-refractivity contribution in [1.29, 1.82) is 0 Å². The van der Waals surface area contributed by atoms with Gasteiger partial charge in [-0.25, -0.2) is 9.36 Å². The van der Waals surface area contributed by atoms with Crippen molar-refractivity contribution in [3.05, 3.63) is 52.7 Å². The minimum Gasteiger partial charge on any atom is -0.480 e. The van der Waals surface area contributed by atoms with Crippen molar-refractivity contribution in [2.45, 2.75) is 39.3 Å². The minimum absolute atomic E-state index is 0.00974. The van der Waals surface area contributed by atoms with Gasteiger partial charge in [0, 0.05) is 18.7 Å². The summed E-state index contributed by atoms with van der Waals surface area (Å²) in [6, 6.07) is 7.63. The number of aliphatic carboxylic acids is 1. The zero-order valence-corrected chi connectivity index (χ0v) is 20.2. The molecular formula is C21H28N3O7PS. The van der Waals surface area contributed by atoms with Crippen molar-refractivity contribution in [1.82, 2.24) is 9.99 Å². The number of hydrogen-bond donors (Lipinski definition) is 4. The highest BCUT2D eigenvalue weighted by atomic mass is 32.1. The maximum absolute atomic E-state index is 13.8. The summed E-state index contributed by atoms with van der Waals surface area (Å²) < 4.78 is 12.9. The first-order chi connectivity index (χ1) is 15.4. The lowest BCUT2D eigenvalue weighted by Gasteiger charge is -2.38. The molecule has 2 aromatic rings. The van der Waals surface area contributed by atoms with E-state index in [9.17, 15) is 33.8 Å². The van der Waals surface area contributed by atoms with E-state index >= 15 is 0 Å². The molecule has 0 fully saturated rings. The Bertz CT molecular complexity index is 995. The number of anilines is 1. The largest absolute Gasteiger partial charge is 0.480 e. The summed E-state index contributed by atoms with van der Waals surface area (Å²) in [5.41, 5.74) is 0.994. The summed E-state index contributed by atoms with van der Waals surface area (Å²) in [5.74, 6) is -3.21. The van der Waals surface area contributed by atoms with E-state index in [0.717, 1.165) is 4.90 Å². The molecule has 4 N–H and O–H groups in total. The SMILES string of the molecule is CC(=O)NCN(C(C(=O)N(c1ccsc1)C(Cc1ccccc1)C(=O)O)C(C)C)P(=O)(O)O. The second-order valence-corrected chi connectivity index (χ2v) is 10.1. The van der Waals surface area contributed by atoms with Crippen LogP contribution in [0.5, 0.6) is 0 Å². The molecule has 180 valence electrons. The van der Waals surface area contributed by atoms with E-state index in [1.54, 1.807) is 61.0 Å². The number of benzene rings is 1. The standard InChI is InChI=1S/C21H28N3O7PS/c1-14(2)19(23(32(29,30)31)13-22-15(3)25)20(26)24(17-9-10-33-12-17)18(21(27)28)11-16-7-5-4-6-8-16/h4-10,12,14,18-19H,11,13H2,1-3H3,(H,22,25)(H,27,28)(H2,29,30,31). The number of nitrogens with one attached hydrogen (secondary N) is 1. The van der Waals surface area contributed by atoms with Crippen LogP contribution >= 0.6 is 19.1 Å². The normalized spacial score (nSPS) is 13.5. The van der Waals surface area contributed by atoms with Crippen molar-refractivity contribution < 1.29 is 33.8 Å². The monoisotopic (exact) mass is 497 g/mol. The topological polar surface area (TPSA) is 147 Å². The van der Waals surface area contributed by atoms with Gasteiger partial charge < -0.3 is 20.2 Å². The van der Waals surface area contributed by atoms with Crippen molar-refractivity contribution in [3.8, 4) is 0 Å². The van der Waals surface area contributed by atoms with Gasteiger partial charge in [-0.1, -0.05) is 44.2 Å². The average molecular weight is 498 g/mol. The second kappa shape index (κ2) is 11.5. The third kappa shape index (κ3) is 7.21. The minimum atomic E-state index is -5.01. The molecule has 2 amide bonds. The van der Waals surface area contributed by atoms with Crippen molar-refractivity contribution in [3.63, 3.8) is 0 Å². The predicted octanol–water partition coefficient (Wildman–Crippen LogP) is 2.29. The van der Waals surface area contributed by atoms with Gasteiger partial charge in [-0.2, -0.15) is 16.0 Å². The fraction of sp³-hybridized carbons (Fsp3) is 0.381. The highest BCUT2D eigenvalue weighted by molar-refractivity contribution is 7.49. The molecule has 0 spiro atoms. The molecule has 0 aliphatic heterocycles. The number of hydrogen-bond acceptors (Lipinski definition) is 5. The molecule has 2 unspecified atom stereocenters. The quantitative estimate of drug-likeness (QED) is 0.273. The van der Waals surface area contributed by atoms with Crippen LogP contribution in [0.25, 0.3) is 0 Å². The Balaban J connectivity index is 2.55. The smallest absolute Gasteiger partial charge is 0.405 e. The van der Waals surface area contributed by atoms with Gasteiger partial charge in [0.25, 0.3) is 0 Å². The van der Waals surface area contributed by atoms with Crippen LogP contribution in [0.3, 0.4) is 0 Å². The van der Waals surface area contributed by atoms with Crippen molar-refractivity contribution in [2.75, 3.05) is 11.6 Å². The van der Waals surface area contributed by atoms with Crippen molar-refractivity contribution >= 4 is 42.6 Å². The molecule has 12 heteroatoms. The summed E-state index contributed by atoms with van der Waals surface area (Å²) >= 11 is 1.26. The van der Waals surface area contributed by atoms with Crippen LogP contribution in [0.2, 0.25) is 0 Å². The Morgan fingerprint density at radius 1 is 1.12 bits per heavy atom. The van der Waals surface area contributed by atoms with Crippen LogP contribution in [0.1, 0.15) is 26.3 Å². The number of carbonyl (C=O) groups excluding carboxylic acids is 2. The van der Waals surface area contributed by atoms with Crippen LogP contribution in [0, 0.1) is 5.92 Å². The first-order valence-corrected chi connectivity index (χ1v) is 12.6. The summed E-state index contributed by atoms with van der Waals surface area (Å²) in [6.45, 7) is 3.79. The summed E-state index contributed by atoms with van der Waals surface area (Å²) in [4.78, 5) is 58.5. The summed E-state index contributed by atoms with van der Waals surface area (Å²) in [6.07, 6.45) is -0.00974. The molecule has 1 aromatic carbocycles. The van der Waals surface area contributed by atoms with Gasteiger partial charge in [0.1, 0.15) is 12.1 Å². The van der Waals surface area contributed by atoms with E-state index in [0.29, 0.717) is 15.9 Å². The van der Waals surface area contributed by atoms with Gasteiger partial charge in [0.15, 0.2) is 0 Å². The van der Waals surface area contributed by atoms with Gasteiger partial charge in [0.05, 0.1) is 12.4 Å². The molecule has 0 aliphatic rings. The third-order valence-corrected chi connectivity index (χ3v) is 6.65. The number of carboxylic acids is 1. The molecule has 0 bridgehead atoms. The van der Waals surface area contributed by atoms with Crippen molar-refractivity contribution in [2.24, 2.45) is 5.92 Å². The summed E-state index contributed by atoms with van der Waals surface area (Å²) in [5, 5.41) is 15.6. The van der Waals surface area contributed by atoms with Gasteiger partial charge >= 0.3 is 13.7 Å². The molecule has 1 heterocycles. The molecule has 10 nitrogen and oxygen atoms in total. The molecule has 0 radical (unpaired) electrons. The average Bonchev–Trinajstić information content (AvgIpc) is 3.24. The maximum atomic E-state index is 13.8. The lowest BCUT2D eigenvalue weighted by atomic mass is 9.99. The Hall–Kier alpha value is -2.56. The Kier molecular flexibility index (Phi) is 9.33. The van der Waals surface area contributed by atoms with Crippen LogP contribution < -0.4 is 10.2 Å². The number of rotatable bonds is 11. The lowest BCUT2D eigenvalue weighted by Crippen LogP contribution is -2.57. The molecule has 0 saturated carbocycles. The Labute approximate surface area is 196 Å². The van der Waals surface area contributed by atoms with Gasteiger partial charge in [-0.3, -0.25) is 14.5 Å². The molecule has 2 rings (SSSR count). The zero-order valence-electron chi connectivity index (χ0n) is 18.5. The van der Waals surface area contributed by atoms with Gasteiger partial charge in [-0.15, -0.1) is 0 Å². The fourth-order valence-electron chi connectivity index (χ4n) is 3.43. The van der Waals surface area contributed by atoms with Crippen LogP contribution in [-0.4, -0.2) is 56.1 Å². The van der Waals surface area contributed by atoms with E-state index in [1.807, 2.05) is 0 Å². The molecule has 0 aliphatic carbocycles. The van der Waals surface area contributed by atoms with E-state index < -0.39 is 50.2 Å². The Morgan fingerprint density at radius 2 is 1.76 bits per heavy atom. The fourth-order valence-corrected chi connectivity index (χ4v) is 5.00. The van der Waals surface area contributed by atoms with E-state index in [4.69, 9.17) is 0 Å². The number of nitrogens with zero attached hydrogens (tertiary/aromatic N) is 2. The van der Waals surface area contributed by atoms with Crippen LogP contribution in [0.15, 0.2) is 47.2 Å². The number of carboxylic acid groups (broad SMARTS) is 1. The molecule has 2 atom stereocenters. The zero-order chi connectivity index (χ0) is 24.8. The summed E-state index contributed by atoms with van der Waals surface area (Å²) in [7, 11) is -5.01. The van der Waals surface area contributed by atoms with E-state index in [2.05, 4.69) is 5.32 Å². The lowest BCUT2D eigenvalue weighted by molar-refractivity contribution is -0.140.